The highest BCUT2D eigenvalue weighted by Crippen LogP contribution is 2.44. The van der Waals surface area contributed by atoms with Crippen LogP contribution < -0.4 is 0 Å². The molecular weight excluding hydrogens is 773 g/mol. The Labute approximate surface area is 378 Å². The van der Waals surface area contributed by atoms with Gasteiger partial charge < -0.3 is 4.57 Å². The molecule has 1 aliphatic carbocycles. The van der Waals surface area contributed by atoms with Crippen LogP contribution in [-0.2, 0) is 0 Å². The van der Waals surface area contributed by atoms with E-state index in [0.29, 0.717) is 11.7 Å². The molecule has 0 saturated carbocycles. The molecule has 5 heteroatoms. The maximum atomic E-state index is 3.95. The van der Waals surface area contributed by atoms with E-state index in [1.807, 2.05) is 129 Å². The molecular formula is C57H68N4S. The molecule has 9 rings (SSSR count). The van der Waals surface area contributed by atoms with Crippen LogP contribution in [0.3, 0.4) is 0 Å². The molecule has 0 saturated heterocycles. The summed E-state index contributed by atoms with van der Waals surface area (Å²) in [5.41, 5.74) is 10.3. The highest BCUT2D eigenvalue weighted by Gasteiger charge is 2.25. The summed E-state index contributed by atoms with van der Waals surface area (Å²) in [4.78, 5) is 11.6. The van der Waals surface area contributed by atoms with Gasteiger partial charge in [-0.1, -0.05) is 215 Å². The van der Waals surface area contributed by atoms with Crippen molar-refractivity contribution in [3.63, 3.8) is 0 Å². The molecule has 1 aliphatic rings. The summed E-state index contributed by atoms with van der Waals surface area (Å²) >= 11 is 1.69. The molecule has 5 aromatic carbocycles. The zero-order valence-corrected chi connectivity index (χ0v) is 39.4. The number of rotatable bonds is 5. The molecule has 3 aromatic heterocycles. The Bertz CT molecular complexity index is 2360. The third-order valence-corrected chi connectivity index (χ3v) is 9.33. The molecule has 0 amide bonds. The minimum absolute atomic E-state index is 0.373. The summed E-state index contributed by atoms with van der Waals surface area (Å²) in [5.74, 6) is 1.72. The molecule has 0 aliphatic heterocycles. The first-order valence-corrected chi connectivity index (χ1v) is 22.5. The monoisotopic (exact) mass is 841 g/mol. The van der Waals surface area contributed by atoms with Crippen molar-refractivity contribution in [3.8, 4) is 11.1 Å². The molecule has 4 nitrogen and oxygen atoms in total. The Balaban J connectivity index is 0.000000383. The van der Waals surface area contributed by atoms with Crippen LogP contribution >= 0.6 is 11.3 Å². The van der Waals surface area contributed by atoms with Crippen LogP contribution in [0.2, 0.25) is 0 Å². The molecule has 0 N–H and O–H groups in total. The van der Waals surface area contributed by atoms with Gasteiger partial charge in [0, 0.05) is 22.9 Å². The molecule has 8 aromatic rings. The number of aryl methyl sites for hydroxylation is 1. The first-order chi connectivity index (χ1) is 30.5. The quantitative estimate of drug-likeness (QED) is 0.162. The lowest BCUT2D eigenvalue weighted by atomic mass is 9.97. The summed E-state index contributed by atoms with van der Waals surface area (Å²) in [6.07, 6.45) is 10.6. The van der Waals surface area contributed by atoms with Crippen molar-refractivity contribution in [1.29, 1.82) is 0 Å². The Morgan fingerprint density at radius 2 is 0.984 bits per heavy atom. The molecule has 0 atom stereocenters. The largest absolute Gasteiger partial charge is 0.317 e. The number of para-hydroxylation sites is 2. The molecule has 62 heavy (non-hydrogen) atoms. The summed E-state index contributed by atoms with van der Waals surface area (Å²) < 4.78 is 2.13. The third-order valence-electron chi connectivity index (χ3n) is 8.63. The summed E-state index contributed by atoms with van der Waals surface area (Å²) in [6, 6.07) is 46.0. The predicted octanol–water partition coefficient (Wildman–Crippen LogP) is 17.5. The van der Waals surface area contributed by atoms with Crippen molar-refractivity contribution in [1.82, 2.24) is 19.5 Å². The average Bonchev–Trinajstić information content (AvgIpc) is 4.10. The van der Waals surface area contributed by atoms with Crippen LogP contribution in [0.25, 0.3) is 57.4 Å². The molecule has 322 valence electrons. The molecule has 3 heterocycles. The number of hydrogen-bond donors (Lipinski definition) is 0. The number of thiophene rings is 1. The number of aromatic nitrogens is 4. The topological polar surface area (TPSA) is 43.6 Å². The van der Waals surface area contributed by atoms with Crippen molar-refractivity contribution in [3.05, 3.63) is 223 Å². The SMILES string of the molecule is C=CC1c2ccccc2-c2ccccc21.C=Cc1ccccc1.C=Cc1ccsc1.C=Cc1ncnc(C)n1.C=Cn1c2ccccc2c2ccccc21.CC.CC.CC.CC. The second kappa shape index (κ2) is 32.1. The highest BCUT2D eigenvalue weighted by molar-refractivity contribution is 7.08. The van der Waals surface area contributed by atoms with Gasteiger partial charge in [-0.2, -0.15) is 11.3 Å². The normalized spacial score (nSPS) is 9.63. The minimum Gasteiger partial charge on any atom is -0.317 e. The lowest BCUT2D eigenvalue weighted by molar-refractivity contribution is 0.959. The Kier molecular flexibility index (Phi) is 27.6. The summed E-state index contributed by atoms with van der Waals surface area (Å²) in [7, 11) is 0. The Morgan fingerprint density at radius 1 is 0.516 bits per heavy atom. The van der Waals surface area contributed by atoms with Crippen molar-refractivity contribution >= 4 is 57.6 Å². The fourth-order valence-corrected chi connectivity index (χ4v) is 6.72. The van der Waals surface area contributed by atoms with Crippen LogP contribution in [0.4, 0.5) is 0 Å². The first kappa shape index (κ1) is 53.3. The van der Waals surface area contributed by atoms with Crippen LogP contribution in [0, 0.1) is 6.92 Å². The van der Waals surface area contributed by atoms with E-state index >= 15 is 0 Å². The fraction of sp³-hybridized carbons (Fsp3) is 0.175. The number of hydrogen-bond acceptors (Lipinski definition) is 4. The summed E-state index contributed by atoms with van der Waals surface area (Å²) in [5, 5.41) is 6.67. The van der Waals surface area contributed by atoms with Crippen LogP contribution in [0.5, 0.6) is 0 Å². The van der Waals surface area contributed by atoms with Crippen LogP contribution in [0.1, 0.15) is 95.2 Å². The van der Waals surface area contributed by atoms with E-state index in [1.54, 1.807) is 17.4 Å². The van der Waals surface area contributed by atoms with Gasteiger partial charge in [0.15, 0.2) is 5.82 Å². The minimum atomic E-state index is 0.373. The standard InChI is InChI=1S/C15H12.C14H11N.C8H8.C6H7N3.C6H6S.4C2H6/c1-2-11-12-7-3-5-9-14(12)15-10-6-4-8-13(11)15;1-2-15-13-9-5-3-7-11(13)12-8-4-6-10-14(12)15;1-2-8-6-4-3-5-7-8;1-3-6-8-4-7-5(2)9-6;1-2-6-3-4-7-5-6;4*1-2/h2-11H,1H2;2-10H,1H2;2-7H,1H2;3-4H,1H2,2H3;2-5H,1H2;4*1-2H3. The molecule has 0 bridgehead atoms. The maximum absolute atomic E-state index is 3.95. The van der Waals surface area contributed by atoms with Gasteiger partial charge in [-0.05, 0) is 75.3 Å². The third kappa shape index (κ3) is 15.7. The highest BCUT2D eigenvalue weighted by atomic mass is 32.1. The number of benzene rings is 5. The molecule has 0 unspecified atom stereocenters. The zero-order chi connectivity index (χ0) is 46.1. The number of fused-ring (bicyclic) bond motifs is 6. The smallest absolute Gasteiger partial charge is 0.155 e. The predicted molar refractivity (Wildman–Crippen MR) is 281 cm³/mol. The van der Waals surface area contributed by atoms with E-state index in [1.165, 1.54) is 61.5 Å². The van der Waals surface area contributed by atoms with Gasteiger partial charge in [-0.3, -0.25) is 0 Å². The van der Waals surface area contributed by atoms with Crippen molar-refractivity contribution < 1.29 is 0 Å². The van der Waals surface area contributed by atoms with E-state index in [9.17, 15) is 0 Å². The molecule has 0 spiro atoms. The van der Waals surface area contributed by atoms with E-state index in [4.69, 9.17) is 0 Å². The van der Waals surface area contributed by atoms with Crippen molar-refractivity contribution in [2.45, 2.75) is 68.2 Å². The van der Waals surface area contributed by atoms with E-state index in [0.717, 1.165) is 5.82 Å². The van der Waals surface area contributed by atoms with Crippen molar-refractivity contribution in [2.24, 2.45) is 0 Å². The second-order valence-corrected chi connectivity index (χ2v) is 12.7. The van der Waals surface area contributed by atoms with Crippen LogP contribution in [0.15, 0.2) is 190 Å². The summed E-state index contributed by atoms with van der Waals surface area (Å²) in [6.45, 7) is 36.4. The van der Waals surface area contributed by atoms with Crippen molar-refractivity contribution in [2.75, 3.05) is 0 Å². The number of allylic oxidation sites excluding steroid dienone is 1. The number of nitrogens with zero attached hydrogens (tertiary/aromatic N) is 4. The van der Waals surface area contributed by atoms with Gasteiger partial charge in [0.2, 0.25) is 0 Å². The van der Waals surface area contributed by atoms with E-state index < -0.39 is 0 Å². The second-order valence-electron chi connectivity index (χ2n) is 11.9. The Morgan fingerprint density at radius 3 is 1.35 bits per heavy atom. The average molecular weight is 841 g/mol. The van der Waals surface area contributed by atoms with Gasteiger partial charge in [0.1, 0.15) is 12.2 Å². The lowest BCUT2D eigenvalue weighted by Gasteiger charge is -2.06. The molecule has 0 fully saturated rings. The van der Waals surface area contributed by atoms with Gasteiger partial charge in [0.25, 0.3) is 0 Å². The van der Waals surface area contributed by atoms with Gasteiger partial charge in [-0.15, -0.1) is 6.58 Å². The van der Waals surface area contributed by atoms with E-state index in [2.05, 4.69) is 155 Å². The lowest BCUT2D eigenvalue weighted by Crippen LogP contribution is -1.91. The first-order valence-electron chi connectivity index (χ1n) is 21.5. The Hall–Kier alpha value is -6.69. The van der Waals surface area contributed by atoms with Gasteiger partial charge in [0.05, 0.1) is 11.0 Å². The molecule has 0 radical (unpaired) electrons. The van der Waals surface area contributed by atoms with E-state index in [-0.39, 0.29) is 0 Å². The zero-order valence-electron chi connectivity index (χ0n) is 38.6. The van der Waals surface area contributed by atoms with Gasteiger partial charge in [-0.25, -0.2) is 15.0 Å². The fourth-order valence-electron chi connectivity index (χ4n) is 6.07. The van der Waals surface area contributed by atoms with Crippen LogP contribution in [-0.4, -0.2) is 19.5 Å². The maximum Gasteiger partial charge on any atom is 0.155 e. The van der Waals surface area contributed by atoms with Gasteiger partial charge >= 0.3 is 0 Å².